The molecule has 2 aromatic carbocycles. The van der Waals surface area contributed by atoms with Crippen molar-refractivity contribution in [2.24, 2.45) is 5.16 Å². The zero-order valence-electron chi connectivity index (χ0n) is 10.8. The van der Waals surface area contributed by atoms with Crippen molar-refractivity contribution in [3.63, 3.8) is 0 Å². The molecule has 0 spiro atoms. The molecule has 100 valence electrons. The van der Waals surface area contributed by atoms with Gasteiger partial charge < -0.3 is 9.57 Å². The van der Waals surface area contributed by atoms with E-state index >= 15 is 0 Å². The van der Waals surface area contributed by atoms with Gasteiger partial charge in [-0.1, -0.05) is 23.4 Å². The van der Waals surface area contributed by atoms with Gasteiger partial charge in [0, 0.05) is 6.42 Å². The maximum atomic E-state index is 11.7. The van der Waals surface area contributed by atoms with Crippen LogP contribution in [-0.2, 0) is 11.3 Å². The highest BCUT2D eigenvalue weighted by Gasteiger charge is 2.11. The summed E-state index contributed by atoms with van der Waals surface area (Å²) < 4.78 is 5.42. The zero-order chi connectivity index (χ0) is 13.8. The topological polar surface area (TPSA) is 47.9 Å². The molecular formula is C16H13NO3. The Morgan fingerprint density at radius 1 is 1.20 bits per heavy atom. The molecule has 0 N–H and O–H groups in total. The van der Waals surface area contributed by atoms with E-state index in [0.29, 0.717) is 5.56 Å². The average Bonchev–Trinajstić information content (AvgIpc) is 2.95. The molecule has 0 fully saturated rings. The predicted octanol–water partition coefficient (Wildman–Crippen LogP) is 2.81. The van der Waals surface area contributed by atoms with Crippen molar-refractivity contribution in [1.29, 1.82) is 0 Å². The van der Waals surface area contributed by atoms with Crippen LogP contribution in [0.4, 0.5) is 0 Å². The van der Waals surface area contributed by atoms with E-state index in [1.807, 2.05) is 24.3 Å². The molecular weight excluding hydrogens is 254 g/mol. The molecule has 0 aliphatic carbocycles. The van der Waals surface area contributed by atoms with E-state index < -0.39 is 5.97 Å². The Kier molecular flexibility index (Phi) is 3.46. The van der Waals surface area contributed by atoms with Gasteiger partial charge >= 0.3 is 5.97 Å². The Hall–Kier alpha value is -2.62. The smallest absolute Gasteiger partial charge is 0.365 e. The number of carbonyl (C=O) groups is 1. The fourth-order valence-electron chi connectivity index (χ4n) is 2.05. The van der Waals surface area contributed by atoms with E-state index in [2.05, 4.69) is 5.16 Å². The van der Waals surface area contributed by atoms with Gasteiger partial charge in [-0.2, -0.15) is 0 Å². The zero-order valence-corrected chi connectivity index (χ0v) is 10.8. The first-order valence-corrected chi connectivity index (χ1v) is 6.38. The average molecular weight is 267 g/mol. The minimum atomic E-state index is -0.466. The Morgan fingerprint density at radius 2 is 2.05 bits per heavy atom. The number of ether oxygens (including phenoxy) is 1. The Bertz CT molecular complexity index is 650. The molecule has 0 unspecified atom stereocenters. The van der Waals surface area contributed by atoms with Crippen LogP contribution in [0.3, 0.4) is 0 Å². The monoisotopic (exact) mass is 267 g/mol. The summed E-state index contributed by atoms with van der Waals surface area (Å²) in [5.74, 6) is 0.453. The van der Waals surface area contributed by atoms with Crippen molar-refractivity contribution in [3.8, 4) is 5.75 Å². The second kappa shape index (κ2) is 5.57. The lowest BCUT2D eigenvalue weighted by molar-refractivity contribution is 0.0519. The van der Waals surface area contributed by atoms with E-state index in [9.17, 15) is 4.79 Å². The van der Waals surface area contributed by atoms with Gasteiger partial charge in [-0.25, -0.2) is 4.79 Å². The lowest BCUT2D eigenvalue weighted by Gasteiger charge is -1.99. The highest BCUT2D eigenvalue weighted by atomic mass is 16.7. The van der Waals surface area contributed by atoms with Gasteiger partial charge in [-0.3, -0.25) is 0 Å². The van der Waals surface area contributed by atoms with Crippen LogP contribution in [0.1, 0.15) is 21.5 Å². The molecule has 4 nitrogen and oxygen atoms in total. The van der Waals surface area contributed by atoms with E-state index in [1.54, 1.807) is 24.3 Å². The standard InChI is InChI=1S/C16H13NO3/c18-16(13-4-2-1-3-5-13)20-17-11-12-6-7-15-14(10-12)8-9-19-15/h1-7,10-11H,8-9H2/b17-11+. The van der Waals surface area contributed by atoms with Gasteiger partial charge in [-0.15, -0.1) is 0 Å². The van der Waals surface area contributed by atoms with Crippen LogP contribution in [0.15, 0.2) is 53.7 Å². The number of oxime groups is 1. The Balaban J connectivity index is 1.65. The summed E-state index contributed by atoms with van der Waals surface area (Å²) in [6.07, 6.45) is 2.43. The third-order valence-corrected chi connectivity index (χ3v) is 3.06. The van der Waals surface area contributed by atoms with Crippen LogP contribution in [0.5, 0.6) is 5.75 Å². The van der Waals surface area contributed by atoms with Gasteiger partial charge in [0.1, 0.15) is 5.75 Å². The van der Waals surface area contributed by atoms with Gasteiger partial charge in [0.2, 0.25) is 0 Å². The Labute approximate surface area is 116 Å². The van der Waals surface area contributed by atoms with Crippen LogP contribution in [-0.4, -0.2) is 18.8 Å². The van der Waals surface area contributed by atoms with E-state index in [4.69, 9.17) is 9.57 Å². The SMILES string of the molecule is O=C(O/N=C/c1ccc2c(c1)CCO2)c1ccccc1. The van der Waals surface area contributed by atoms with Crippen LogP contribution >= 0.6 is 0 Å². The number of fused-ring (bicyclic) bond motifs is 1. The molecule has 0 amide bonds. The number of nitrogens with zero attached hydrogens (tertiary/aromatic N) is 1. The number of rotatable bonds is 3. The van der Waals surface area contributed by atoms with Gasteiger partial charge in [0.05, 0.1) is 18.4 Å². The molecule has 0 aromatic heterocycles. The minimum absolute atomic E-state index is 0.466. The fourth-order valence-corrected chi connectivity index (χ4v) is 2.05. The molecule has 0 atom stereocenters. The molecule has 20 heavy (non-hydrogen) atoms. The van der Waals surface area contributed by atoms with Crippen LogP contribution < -0.4 is 4.74 Å². The Morgan fingerprint density at radius 3 is 2.90 bits per heavy atom. The normalized spacial score (nSPS) is 13.0. The summed E-state index contributed by atoms with van der Waals surface area (Å²) in [5.41, 5.74) is 2.52. The lowest BCUT2D eigenvalue weighted by atomic mass is 10.1. The molecule has 1 heterocycles. The summed E-state index contributed by atoms with van der Waals surface area (Å²) in [4.78, 5) is 16.5. The summed E-state index contributed by atoms with van der Waals surface area (Å²) in [7, 11) is 0. The predicted molar refractivity (Wildman–Crippen MR) is 75.1 cm³/mol. The van der Waals surface area contributed by atoms with Crippen molar-refractivity contribution in [2.75, 3.05) is 6.61 Å². The third kappa shape index (κ3) is 2.69. The van der Waals surface area contributed by atoms with Crippen LogP contribution in [0.25, 0.3) is 0 Å². The molecule has 1 aliphatic rings. The number of carbonyl (C=O) groups excluding carboxylic acids is 1. The van der Waals surface area contributed by atoms with E-state index in [-0.39, 0.29) is 0 Å². The molecule has 0 bridgehead atoms. The largest absolute Gasteiger partial charge is 0.493 e. The number of hydrogen-bond acceptors (Lipinski definition) is 4. The van der Waals surface area contributed by atoms with E-state index in [1.165, 1.54) is 6.21 Å². The molecule has 0 saturated carbocycles. The van der Waals surface area contributed by atoms with Crippen molar-refractivity contribution in [3.05, 3.63) is 65.2 Å². The van der Waals surface area contributed by atoms with Crippen molar-refractivity contribution in [2.45, 2.75) is 6.42 Å². The summed E-state index contributed by atoms with van der Waals surface area (Å²) in [5, 5.41) is 3.73. The first-order chi connectivity index (χ1) is 9.83. The van der Waals surface area contributed by atoms with Gasteiger partial charge in [-0.05, 0) is 41.5 Å². The van der Waals surface area contributed by atoms with E-state index in [0.717, 1.165) is 29.9 Å². The quantitative estimate of drug-likeness (QED) is 0.488. The first kappa shape index (κ1) is 12.4. The van der Waals surface area contributed by atoms with Gasteiger partial charge in [0.25, 0.3) is 0 Å². The van der Waals surface area contributed by atoms with Crippen LogP contribution in [0, 0.1) is 0 Å². The highest BCUT2D eigenvalue weighted by molar-refractivity contribution is 5.90. The lowest BCUT2D eigenvalue weighted by Crippen LogP contribution is -2.00. The highest BCUT2D eigenvalue weighted by Crippen LogP contribution is 2.25. The second-order valence-electron chi connectivity index (χ2n) is 4.44. The molecule has 0 radical (unpaired) electrons. The fraction of sp³-hybridized carbons (Fsp3) is 0.125. The van der Waals surface area contributed by atoms with Crippen LogP contribution in [0.2, 0.25) is 0 Å². The van der Waals surface area contributed by atoms with Crippen molar-refractivity contribution < 1.29 is 14.4 Å². The van der Waals surface area contributed by atoms with Gasteiger partial charge in [0.15, 0.2) is 0 Å². The summed E-state index contributed by atoms with van der Waals surface area (Å²) in [6.45, 7) is 0.721. The maximum Gasteiger partial charge on any atom is 0.365 e. The maximum absolute atomic E-state index is 11.7. The van der Waals surface area contributed by atoms with Crippen molar-refractivity contribution >= 4 is 12.2 Å². The summed E-state index contributed by atoms with van der Waals surface area (Å²) >= 11 is 0. The summed E-state index contributed by atoms with van der Waals surface area (Å²) in [6, 6.07) is 14.5. The molecule has 0 saturated heterocycles. The minimum Gasteiger partial charge on any atom is -0.493 e. The molecule has 2 aromatic rings. The molecule has 4 heteroatoms. The molecule has 3 rings (SSSR count). The third-order valence-electron chi connectivity index (χ3n) is 3.06. The first-order valence-electron chi connectivity index (χ1n) is 6.38. The van der Waals surface area contributed by atoms with Crippen molar-refractivity contribution in [1.82, 2.24) is 0 Å². The second-order valence-corrected chi connectivity index (χ2v) is 4.44. The molecule has 1 aliphatic heterocycles. The number of hydrogen-bond donors (Lipinski definition) is 0. The number of benzene rings is 2.